The van der Waals surface area contributed by atoms with Gasteiger partial charge < -0.3 is 15.0 Å². The summed E-state index contributed by atoms with van der Waals surface area (Å²) < 4.78 is 6.40. The first-order chi connectivity index (χ1) is 14.9. The van der Waals surface area contributed by atoms with Gasteiger partial charge in [-0.1, -0.05) is 18.2 Å². The molecule has 0 aliphatic heterocycles. The predicted molar refractivity (Wildman–Crippen MR) is 128 cm³/mol. The molecule has 1 N–H and O–H groups in total. The van der Waals surface area contributed by atoms with E-state index >= 15 is 0 Å². The van der Waals surface area contributed by atoms with Gasteiger partial charge in [0.15, 0.2) is 0 Å². The Bertz CT molecular complexity index is 1050. The Morgan fingerprint density at radius 3 is 2.19 bits per heavy atom. The molecular weight excluding hydrogens is 456 g/mol. The number of hydrogen-bond acceptors (Lipinski definition) is 3. The van der Waals surface area contributed by atoms with Gasteiger partial charge in [-0.3, -0.25) is 9.59 Å². The number of hydrogen-bond donors (Lipinski definition) is 1. The van der Waals surface area contributed by atoms with Crippen LogP contribution in [0.5, 0.6) is 5.75 Å². The first-order valence-corrected chi connectivity index (χ1v) is 10.9. The van der Waals surface area contributed by atoms with Crippen LogP contribution in [0.25, 0.3) is 0 Å². The third kappa shape index (κ3) is 5.73. The van der Waals surface area contributed by atoms with Gasteiger partial charge in [0.25, 0.3) is 11.8 Å². The zero-order chi connectivity index (χ0) is 22.4. The lowest BCUT2D eigenvalue weighted by Gasteiger charge is -2.21. The molecule has 3 rings (SSSR count). The lowest BCUT2D eigenvalue weighted by Crippen LogP contribution is -2.30. The Kier molecular flexibility index (Phi) is 7.47. The molecule has 31 heavy (non-hydrogen) atoms. The summed E-state index contributed by atoms with van der Waals surface area (Å²) in [6.45, 7) is 6.39. The van der Waals surface area contributed by atoms with Gasteiger partial charge >= 0.3 is 0 Å². The zero-order valence-corrected chi connectivity index (χ0v) is 19.3. The standard InChI is InChI=1S/C25H25BrN2O3/c1-4-28(21-8-6-5-7-9-21)25(30)18-10-13-20(14-11-18)27-24(29)19-12-15-23(22(26)16-19)31-17(2)3/h5-17H,4H2,1-3H3,(H,27,29). The van der Waals surface area contributed by atoms with Crippen molar-refractivity contribution in [3.63, 3.8) is 0 Å². The van der Waals surface area contributed by atoms with E-state index in [4.69, 9.17) is 4.74 Å². The van der Waals surface area contributed by atoms with Crippen LogP contribution in [-0.4, -0.2) is 24.5 Å². The van der Waals surface area contributed by atoms with Crippen molar-refractivity contribution in [1.82, 2.24) is 0 Å². The van der Waals surface area contributed by atoms with Crippen molar-refractivity contribution in [1.29, 1.82) is 0 Å². The highest BCUT2D eigenvalue weighted by Crippen LogP contribution is 2.27. The third-order valence-electron chi connectivity index (χ3n) is 4.58. The van der Waals surface area contributed by atoms with E-state index in [0.717, 1.165) is 10.2 Å². The summed E-state index contributed by atoms with van der Waals surface area (Å²) in [6.07, 6.45) is 0.0442. The van der Waals surface area contributed by atoms with Crippen molar-refractivity contribution in [3.05, 3.63) is 88.4 Å². The van der Waals surface area contributed by atoms with Gasteiger partial charge in [-0.25, -0.2) is 0 Å². The third-order valence-corrected chi connectivity index (χ3v) is 5.20. The topological polar surface area (TPSA) is 58.6 Å². The van der Waals surface area contributed by atoms with Crippen LogP contribution < -0.4 is 15.0 Å². The molecule has 0 aromatic heterocycles. The Morgan fingerprint density at radius 1 is 0.968 bits per heavy atom. The average Bonchev–Trinajstić information content (AvgIpc) is 2.76. The molecule has 0 saturated heterocycles. The van der Waals surface area contributed by atoms with Gasteiger partial charge in [0.2, 0.25) is 0 Å². The molecule has 0 fully saturated rings. The highest BCUT2D eigenvalue weighted by molar-refractivity contribution is 9.10. The molecule has 6 heteroatoms. The summed E-state index contributed by atoms with van der Waals surface area (Å²) in [5, 5.41) is 2.86. The molecule has 2 amide bonds. The first kappa shape index (κ1) is 22.6. The SMILES string of the molecule is CCN(C(=O)c1ccc(NC(=O)c2ccc(OC(C)C)c(Br)c2)cc1)c1ccccc1. The van der Waals surface area contributed by atoms with Crippen LogP contribution in [0.2, 0.25) is 0 Å². The molecule has 0 unspecified atom stereocenters. The fourth-order valence-electron chi connectivity index (χ4n) is 3.10. The van der Waals surface area contributed by atoms with Crippen molar-refractivity contribution in [2.75, 3.05) is 16.8 Å². The highest BCUT2D eigenvalue weighted by Gasteiger charge is 2.16. The lowest BCUT2D eigenvalue weighted by atomic mass is 10.1. The predicted octanol–water partition coefficient (Wildman–Crippen LogP) is 6.16. The maximum atomic E-state index is 12.9. The van der Waals surface area contributed by atoms with Crippen LogP contribution in [0.4, 0.5) is 11.4 Å². The smallest absolute Gasteiger partial charge is 0.258 e. The Hall–Kier alpha value is -3.12. The fraction of sp³-hybridized carbons (Fsp3) is 0.200. The molecular formula is C25H25BrN2O3. The number of nitrogens with zero attached hydrogens (tertiary/aromatic N) is 1. The number of nitrogens with one attached hydrogen (secondary N) is 1. The number of para-hydroxylation sites is 1. The summed E-state index contributed by atoms with van der Waals surface area (Å²) in [6, 6.07) is 21.7. The van der Waals surface area contributed by atoms with Crippen LogP contribution in [0.1, 0.15) is 41.5 Å². The number of carbonyl (C=O) groups excluding carboxylic acids is 2. The van der Waals surface area contributed by atoms with E-state index in [1.165, 1.54) is 0 Å². The molecule has 0 aliphatic rings. The molecule has 0 bridgehead atoms. The zero-order valence-electron chi connectivity index (χ0n) is 17.8. The normalized spacial score (nSPS) is 10.6. The number of benzene rings is 3. The summed E-state index contributed by atoms with van der Waals surface area (Å²) in [4.78, 5) is 27.2. The maximum absolute atomic E-state index is 12.9. The molecule has 160 valence electrons. The molecule has 0 atom stereocenters. The monoisotopic (exact) mass is 480 g/mol. The van der Waals surface area contributed by atoms with E-state index in [0.29, 0.717) is 29.1 Å². The van der Waals surface area contributed by atoms with Gasteiger partial charge in [-0.05, 0) is 91.3 Å². The lowest BCUT2D eigenvalue weighted by molar-refractivity contribution is 0.0987. The van der Waals surface area contributed by atoms with Crippen LogP contribution in [0.3, 0.4) is 0 Å². The molecule has 0 radical (unpaired) electrons. The minimum Gasteiger partial charge on any atom is -0.490 e. The van der Waals surface area contributed by atoms with Crippen LogP contribution in [0.15, 0.2) is 77.3 Å². The molecule has 0 aliphatic carbocycles. The minimum absolute atomic E-state index is 0.0442. The second-order valence-electron chi connectivity index (χ2n) is 7.23. The van der Waals surface area contributed by atoms with Crippen molar-refractivity contribution < 1.29 is 14.3 Å². The number of anilines is 2. The second kappa shape index (κ2) is 10.3. The van der Waals surface area contributed by atoms with Gasteiger partial charge in [-0.2, -0.15) is 0 Å². The molecule has 3 aromatic rings. The number of ether oxygens (including phenoxy) is 1. The molecule has 0 heterocycles. The Morgan fingerprint density at radius 2 is 1.61 bits per heavy atom. The second-order valence-corrected chi connectivity index (χ2v) is 8.08. The number of carbonyl (C=O) groups is 2. The quantitative estimate of drug-likeness (QED) is 0.440. The van der Waals surface area contributed by atoms with E-state index in [1.807, 2.05) is 51.1 Å². The Labute approximate surface area is 191 Å². The molecule has 0 spiro atoms. The van der Waals surface area contributed by atoms with E-state index < -0.39 is 0 Å². The number of halogens is 1. The van der Waals surface area contributed by atoms with E-state index in [9.17, 15) is 9.59 Å². The highest BCUT2D eigenvalue weighted by atomic mass is 79.9. The molecule has 0 saturated carbocycles. The average molecular weight is 481 g/mol. The van der Waals surface area contributed by atoms with Crippen molar-refractivity contribution >= 4 is 39.1 Å². The Balaban J connectivity index is 1.69. The summed E-state index contributed by atoms with van der Waals surface area (Å²) in [5.41, 5.74) is 2.52. The van der Waals surface area contributed by atoms with E-state index in [2.05, 4.69) is 21.2 Å². The van der Waals surface area contributed by atoms with Gasteiger partial charge in [0.05, 0.1) is 10.6 Å². The van der Waals surface area contributed by atoms with Gasteiger partial charge in [-0.15, -0.1) is 0 Å². The van der Waals surface area contributed by atoms with E-state index in [-0.39, 0.29) is 17.9 Å². The fourth-order valence-corrected chi connectivity index (χ4v) is 3.57. The van der Waals surface area contributed by atoms with E-state index in [1.54, 1.807) is 47.4 Å². The summed E-state index contributed by atoms with van der Waals surface area (Å²) in [7, 11) is 0. The van der Waals surface area contributed by atoms with Crippen molar-refractivity contribution in [2.45, 2.75) is 26.9 Å². The summed E-state index contributed by atoms with van der Waals surface area (Å²) >= 11 is 3.45. The van der Waals surface area contributed by atoms with Crippen molar-refractivity contribution in [3.8, 4) is 5.75 Å². The first-order valence-electron chi connectivity index (χ1n) is 10.1. The number of amides is 2. The summed E-state index contributed by atoms with van der Waals surface area (Å²) in [5.74, 6) is 0.361. The maximum Gasteiger partial charge on any atom is 0.258 e. The number of rotatable bonds is 7. The van der Waals surface area contributed by atoms with Crippen LogP contribution >= 0.6 is 15.9 Å². The largest absolute Gasteiger partial charge is 0.490 e. The van der Waals surface area contributed by atoms with Crippen molar-refractivity contribution in [2.24, 2.45) is 0 Å². The molecule has 5 nitrogen and oxygen atoms in total. The van der Waals surface area contributed by atoms with Gasteiger partial charge in [0, 0.05) is 29.0 Å². The van der Waals surface area contributed by atoms with Gasteiger partial charge in [0.1, 0.15) is 5.75 Å². The minimum atomic E-state index is -0.240. The van der Waals surface area contributed by atoms with Crippen LogP contribution in [0, 0.1) is 0 Å². The molecule has 3 aromatic carbocycles. The van der Waals surface area contributed by atoms with Crippen LogP contribution in [-0.2, 0) is 0 Å².